The highest BCUT2D eigenvalue weighted by atomic mass is 16.5. The van der Waals surface area contributed by atoms with E-state index in [4.69, 9.17) is 4.74 Å². The number of hydrogen-bond donors (Lipinski definition) is 2. The van der Waals surface area contributed by atoms with Gasteiger partial charge in [0.2, 0.25) is 0 Å². The molecule has 3 rings (SSSR count). The van der Waals surface area contributed by atoms with E-state index < -0.39 is 17.7 Å². The van der Waals surface area contributed by atoms with Crippen molar-refractivity contribution in [2.45, 2.75) is 38.4 Å². The van der Waals surface area contributed by atoms with E-state index in [1.807, 2.05) is 13.8 Å². The van der Waals surface area contributed by atoms with Gasteiger partial charge in [0.05, 0.1) is 22.8 Å². The van der Waals surface area contributed by atoms with Crippen LogP contribution in [-0.2, 0) is 4.74 Å². The van der Waals surface area contributed by atoms with Gasteiger partial charge in [-0.2, -0.15) is 0 Å². The molecule has 1 aliphatic heterocycles. The van der Waals surface area contributed by atoms with Crippen LogP contribution in [0.4, 0.5) is 0 Å². The summed E-state index contributed by atoms with van der Waals surface area (Å²) in [4.78, 5) is 24.7. The summed E-state index contributed by atoms with van der Waals surface area (Å²) >= 11 is 0. The van der Waals surface area contributed by atoms with Gasteiger partial charge < -0.3 is 14.9 Å². The Bertz CT molecular complexity index is 684. The Kier molecular flexibility index (Phi) is 2.92. The standard InChI is InChI=1S/C16H16O5/c1-16(2)6-5-12(21-16)8-7-11(19)13-9(17)3-4-10(18)14(13)15(8)20/h3-4,7,12,17-18H,5-6H2,1-2H3/t12-/m0/s1. The quantitative estimate of drug-likeness (QED) is 0.775. The second-order valence-electron chi connectivity index (χ2n) is 6.05. The lowest BCUT2D eigenvalue weighted by atomic mass is 9.85. The van der Waals surface area contributed by atoms with Crippen LogP contribution in [-0.4, -0.2) is 33.5 Å². The van der Waals surface area contributed by atoms with Crippen LogP contribution in [0.5, 0.6) is 11.5 Å². The molecule has 1 aromatic rings. The van der Waals surface area contributed by atoms with Gasteiger partial charge in [-0.05, 0) is 44.9 Å². The van der Waals surface area contributed by atoms with Crippen molar-refractivity contribution in [1.82, 2.24) is 0 Å². The Labute approximate surface area is 121 Å². The van der Waals surface area contributed by atoms with Gasteiger partial charge in [0.1, 0.15) is 11.5 Å². The number of carbonyl (C=O) groups is 2. The smallest absolute Gasteiger partial charge is 0.196 e. The zero-order chi connectivity index (χ0) is 15.4. The van der Waals surface area contributed by atoms with Crippen LogP contribution < -0.4 is 0 Å². The number of rotatable bonds is 1. The Morgan fingerprint density at radius 2 is 1.76 bits per heavy atom. The first-order valence-corrected chi connectivity index (χ1v) is 6.83. The zero-order valence-corrected chi connectivity index (χ0v) is 11.8. The molecule has 110 valence electrons. The monoisotopic (exact) mass is 288 g/mol. The van der Waals surface area contributed by atoms with Crippen LogP contribution in [0, 0.1) is 0 Å². The highest BCUT2D eigenvalue weighted by Crippen LogP contribution is 2.39. The van der Waals surface area contributed by atoms with E-state index in [-0.39, 0.29) is 33.8 Å². The Hall–Kier alpha value is -2.14. The first kappa shape index (κ1) is 13.8. The topological polar surface area (TPSA) is 83.8 Å². The van der Waals surface area contributed by atoms with Gasteiger partial charge in [-0.3, -0.25) is 9.59 Å². The first-order chi connectivity index (χ1) is 9.80. The van der Waals surface area contributed by atoms with E-state index >= 15 is 0 Å². The summed E-state index contributed by atoms with van der Waals surface area (Å²) in [7, 11) is 0. The molecule has 1 atom stereocenters. The van der Waals surface area contributed by atoms with Gasteiger partial charge in [-0.25, -0.2) is 0 Å². The Morgan fingerprint density at radius 3 is 2.33 bits per heavy atom. The van der Waals surface area contributed by atoms with E-state index in [1.165, 1.54) is 18.2 Å². The van der Waals surface area contributed by atoms with Crippen molar-refractivity contribution in [2.24, 2.45) is 0 Å². The highest BCUT2D eigenvalue weighted by Gasteiger charge is 2.40. The molecule has 0 radical (unpaired) electrons. The van der Waals surface area contributed by atoms with Gasteiger partial charge >= 0.3 is 0 Å². The average Bonchev–Trinajstić information content (AvgIpc) is 2.76. The van der Waals surface area contributed by atoms with E-state index in [0.29, 0.717) is 6.42 Å². The number of carbonyl (C=O) groups excluding carboxylic acids is 2. The highest BCUT2D eigenvalue weighted by molar-refractivity contribution is 6.27. The summed E-state index contributed by atoms with van der Waals surface area (Å²) in [5, 5.41) is 19.6. The van der Waals surface area contributed by atoms with Crippen LogP contribution in [0.1, 0.15) is 47.4 Å². The summed E-state index contributed by atoms with van der Waals surface area (Å²) < 4.78 is 5.81. The molecule has 1 fully saturated rings. The Balaban J connectivity index is 2.06. The van der Waals surface area contributed by atoms with E-state index in [9.17, 15) is 19.8 Å². The third kappa shape index (κ3) is 2.14. The molecule has 0 unspecified atom stereocenters. The molecule has 1 aromatic carbocycles. The molecule has 1 saturated heterocycles. The molecule has 21 heavy (non-hydrogen) atoms. The number of Topliss-reactive ketones (excluding diaryl/α,β-unsaturated/α-hetero) is 1. The van der Waals surface area contributed by atoms with Crippen LogP contribution in [0.3, 0.4) is 0 Å². The largest absolute Gasteiger partial charge is 0.507 e. The van der Waals surface area contributed by atoms with Crippen molar-refractivity contribution in [1.29, 1.82) is 0 Å². The molecule has 2 N–H and O–H groups in total. The average molecular weight is 288 g/mol. The molecule has 2 aliphatic rings. The molecule has 0 amide bonds. The Morgan fingerprint density at radius 1 is 1.14 bits per heavy atom. The van der Waals surface area contributed by atoms with E-state index in [1.54, 1.807) is 0 Å². The van der Waals surface area contributed by atoms with Gasteiger partial charge in [0.25, 0.3) is 0 Å². The molecular formula is C16H16O5. The normalized spacial score (nSPS) is 23.9. The molecule has 0 spiro atoms. The number of phenolic OH excluding ortho intramolecular Hbond substituents is 2. The summed E-state index contributed by atoms with van der Waals surface area (Å²) in [5.41, 5.74) is -0.360. The lowest BCUT2D eigenvalue weighted by Crippen LogP contribution is -2.27. The van der Waals surface area contributed by atoms with E-state index in [0.717, 1.165) is 6.42 Å². The molecule has 1 aliphatic carbocycles. The molecule has 0 saturated carbocycles. The van der Waals surface area contributed by atoms with Gasteiger partial charge in [-0.15, -0.1) is 0 Å². The third-order valence-electron chi connectivity index (χ3n) is 4.00. The van der Waals surface area contributed by atoms with E-state index in [2.05, 4.69) is 0 Å². The number of phenols is 2. The van der Waals surface area contributed by atoms with Crippen LogP contribution in [0.15, 0.2) is 23.8 Å². The van der Waals surface area contributed by atoms with Crippen molar-refractivity contribution < 1.29 is 24.5 Å². The fourth-order valence-electron chi connectivity index (χ4n) is 2.92. The summed E-state index contributed by atoms with van der Waals surface area (Å²) in [6, 6.07) is 2.41. The van der Waals surface area contributed by atoms with Gasteiger partial charge in [0.15, 0.2) is 11.6 Å². The summed E-state index contributed by atoms with van der Waals surface area (Å²) in [6.07, 6.45) is 2.20. The minimum Gasteiger partial charge on any atom is -0.507 e. The maximum atomic E-state index is 12.6. The molecule has 0 aromatic heterocycles. The number of aromatic hydroxyl groups is 2. The lowest BCUT2D eigenvalue weighted by molar-refractivity contribution is 0.000345. The minimum absolute atomic E-state index is 0.134. The van der Waals surface area contributed by atoms with Crippen molar-refractivity contribution in [3.8, 4) is 11.5 Å². The van der Waals surface area contributed by atoms with Crippen molar-refractivity contribution in [3.05, 3.63) is 34.9 Å². The fraction of sp³-hybridized carbons (Fsp3) is 0.375. The minimum atomic E-state index is -0.485. The molecule has 1 heterocycles. The van der Waals surface area contributed by atoms with Crippen molar-refractivity contribution in [2.75, 3.05) is 0 Å². The van der Waals surface area contributed by atoms with Crippen LogP contribution in [0.2, 0.25) is 0 Å². The third-order valence-corrected chi connectivity index (χ3v) is 4.00. The number of fused-ring (bicyclic) bond motifs is 1. The molecule has 0 bridgehead atoms. The van der Waals surface area contributed by atoms with Gasteiger partial charge in [0, 0.05) is 5.57 Å². The maximum absolute atomic E-state index is 12.6. The predicted molar refractivity (Wildman–Crippen MR) is 74.7 cm³/mol. The molecule has 5 heteroatoms. The number of allylic oxidation sites excluding steroid dienone is 1. The second-order valence-corrected chi connectivity index (χ2v) is 6.05. The van der Waals surface area contributed by atoms with Crippen LogP contribution >= 0.6 is 0 Å². The zero-order valence-electron chi connectivity index (χ0n) is 11.8. The number of ether oxygens (including phenoxy) is 1. The SMILES string of the molecule is CC1(C)CC[C@@H](C2=CC(=O)c3c(O)ccc(O)c3C2=O)O1. The lowest BCUT2D eigenvalue weighted by Gasteiger charge is -2.23. The van der Waals surface area contributed by atoms with Crippen molar-refractivity contribution in [3.63, 3.8) is 0 Å². The maximum Gasteiger partial charge on any atom is 0.196 e. The fourth-order valence-corrected chi connectivity index (χ4v) is 2.92. The predicted octanol–water partition coefficient (Wildman–Crippen LogP) is 2.36. The number of ketones is 2. The first-order valence-electron chi connectivity index (χ1n) is 6.83. The summed E-state index contributed by atoms with van der Waals surface area (Å²) in [5.74, 6) is -1.55. The number of hydrogen-bond acceptors (Lipinski definition) is 5. The molecular weight excluding hydrogens is 272 g/mol. The molecule has 5 nitrogen and oxygen atoms in total. The summed E-state index contributed by atoms with van der Waals surface area (Å²) in [6.45, 7) is 3.86. The van der Waals surface area contributed by atoms with Gasteiger partial charge in [-0.1, -0.05) is 0 Å². The second kappa shape index (κ2) is 4.43. The van der Waals surface area contributed by atoms with Crippen molar-refractivity contribution >= 4 is 11.6 Å². The number of benzene rings is 1. The van der Waals surface area contributed by atoms with Crippen LogP contribution in [0.25, 0.3) is 0 Å².